The van der Waals surface area contributed by atoms with Crippen molar-refractivity contribution >= 4 is 46.8 Å². The highest BCUT2D eigenvalue weighted by molar-refractivity contribution is 14.0. The molecule has 1 aliphatic rings. The van der Waals surface area contributed by atoms with E-state index in [0.29, 0.717) is 32.0 Å². The topological polar surface area (TPSA) is 83.0 Å². The summed E-state index contributed by atoms with van der Waals surface area (Å²) in [5, 5.41) is 6.59. The summed E-state index contributed by atoms with van der Waals surface area (Å²) in [5.41, 5.74) is 0. The predicted molar refractivity (Wildman–Crippen MR) is 114 cm³/mol. The lowest BCUT2D eigenvalue weighted by Crippen LogP contribution is -2.50. The zero-order chi connectivity index (χ0) is 18.2. The quantitative estimate of drug-likeness (QED) is 0.351. The molecule has 7 nitrogen and oxygen atoms in total. The number of guanidine groups is 1. The summed E-state index contributed by atoms with van der Waals surface area (Å²) in [4.78, 5) is 17.6. The van der Waals surface area contributed by atoms with E-state index >= 15 is 0 Å². The number of ether oxygens (including phenoxy) is 1. The van der Waals surface area contributed by atoms with E-state index in [1.165, 1.54) is 0 Å². The lowest BCUT2D eigenvalue weighted by Gasteiger charge is -2.32. The number of nitrogens with zero attached hydrogens (tertiary/aromatic N) is 2. The van der Waals surface area contributed by atoms with Gasteiger partial charge in [0.1, 0.15) is 0 Å². The van der Waals surface area contributed by atoms with E-state index in [9.17, 15) is 9.00 Å². The summed E-state index contributed by atoms with van der Waals surface area (Å²) in [6, 6.07) is 0.273. The van der Waals surface area contributed by atoms with E-state index in [0.717, 1.165) is 18.8 Å². The molecule has 1 unspecified atom stereocenters. The van der Waals surface area contributed by atoms with Gasteiger partial charge >= 0.3 is 6.09 Å². The van der Waals surface area contributed by atoms with Gasteiger partial charge in [-0.3, -0.25) is 9.20 Å². The van der Waals surface area contributed by atoms with Gasteiger partial charge in [-0.2, -0.15) is 0 Å². The molecule has 1 fully saturated rings. The Morgan fingerprint density at radius 1 is 1.32 bits per heavy atom. The maximum absolute atomic E-state index is 12.0. The second-order valence-electron chi connectivity index (χ2n) is 6.77. The van der Waals surface area contributed by atoms with Crippen LogP contribution in [-0.2, 0) is 15.5 Å². The van der Waals surface area contributed by atoms with Gasteiger partial charge in [0.2, 0.25) is 0 Å². The minimum absolute atomic E-state index is 0. The number of hydrogen-bond donors (Lipinski definition) is 2. The minimum Gasteiger partial charge on any atom is -0.450 e. The van der Waals surface area contributed by atoms with Crippen LogP contribution in [0.25, 0.3) is 0 Å². The molecule has 1 heterocycles. The normalized spacial score (nSPS) is 17.5. The van der Waals surface area contributed by atoms with Crippen molar-refractivity contribution in [3.63, 3.8) is 0 Å². The van der Waals surface area contributed by atoms with E-state index in [-0.39, 0.29) is 40.9 Å². The minimum atomic E-state index is -0.878. The first-order valence-electron chi connectivity index (χ1n) is 8.55. The first-order chi connectivity index (χ1) is 11.3. The molecule has 25 heavy (non-hydrogen) atoms. The van der Waals surface area contributed by atoms with E-state index < -0.39 is 10.8 Å². The van der Waals surface area contributed by atoms with Crippen LogP contribution in [0.1, 0.15) is 40.5 Å². The summed E-state index contributed by atoms with van der Waals surface area (Å²) in [6.45, 7) is 10.1. The molecular formula is C16H33IN4O3S. The molecule has 9 heteroatoms. The summed E-state index contributed by atoms with van der Waals surface area (Å²) < 4.78 is 16.9. The Kier molecular flexibility index (Phi) is 11.6. The molecule has 0 aromatic carbocycles. The third-order valence-electron chi connectivity index (χ3n) is 3.85. The maximum atomic E-state index is 12.0. The number of hydrogen-bond acceptors (Lipinski definition) is 4. The highest BCUT2D eigenvalue weighted by atomic mass is 127. The smallest absolute Gasteiger partial charge is 0.409 e. The Labute approximate surface area is 171 Å². The molecule has 0 radical (unpaired) electrons. The molecule has 0 saturated carbocycles. The lowest BCUT2D eigenvalue weighted by molar-refractivity contribution is 0.0963. The van der Waals surface area contributed by atoms with Gasteiger partial charge in [0.25, 0.3) is 0 Å². The first-order valence-corrected chi connectivity index (χ1v) is 9.87. The van der Waals surface area contributed by atoms with Crippen LogP contribution in [0.3, 0.4) is 0 Å². The summed E-state index contributed by atoms with van der Waals surface area (Å²) in [5.74, 6) is 1.31. The third kappa shape index (κ3) is 9.07. The van der Waals surface area contributed by atoms with Gasteiger partial charge in [0.05, 0.1) is 6.61 Å². The first kappa shape index (κ1) is 24.4. The van der Waals surface area contributed by atoms with Crippen molar-refractivity contribution in [1.29, 1.82) is 0 Å². The van der Waals surface area contributed by atoms with Crippen molar-refractivity contribution in [3.8, 4) is 0 Å². The number of rotatable bonds is 5. The fourth-order valence-electron chi connectivity index (χ4n) is 2.38. The van der Waals surface area contributed by atoms with Crippen molar-refractivity contribution in [2.45, 2.75) is 51.3 Å². The SMILES string of the molecule is CCOC(=O)N1CCC(NC(=NC)NCCS(=O)C(C)(C)C)CC1.I. The van der Waals surface area contributed by atoms with Gasteiger partial charge in [-0.15, -0.1) is 24.0 Å². The van der Waals surface area contributed by atoms with Crippen molar-refractivity contribution in [2.24, 2.45) is 4.99 Å². The van der Waals surface area contributed by atoms with Gasteiger partial charge in [-0.1, -0.05) is 0 Å². The molecule has 0 aliphatic carbocycles. The maximum Gasteiger partial charge on any atom is 0.409 e. The van der Waals surface area contributed by atoms with Crippen LogP contribution >= 0.6 is 24.0 Å². The van der Waals surface area contributed by atoms with Gasteiger partial charge < -0.3 is 20.3 Å². The number of aliphatic imine (C=N–C) groups is 1. The average Bonchev–Trinajstić information content (AvgIpc) is 2.53. The van der Waals surface area contributed by atoms with E-state index in [4.69, 9.17) is 4.74 Å². The van der Waals surface area contributed by atoms with E-state index in [1.807, 2.05) is 27.7 Å². The second kappa shape index (κ2) is 11.9. The number of amides is 1. The molecular weight excluding hydrogens is 455 g/mol. The van der Waals surface area contributed by atoms with Gasteiger partial charge in [0.15, 0.2) is 5.96 Å². The van der Waals surface area contributed by atoms with Crippen LogP contribution in [0, 0.1) is 0 Å². The van der Waals surface area contributed by atoms with E-state index in [2.05, 4.69) is 15.6 Å². The number of nitrogens with one attached hydrogen (secondary N) is 2. The van der Waals surface area contributed by atoms with Crippen molar-refractivity contribution < 1.29 is 13.7 Å². The molecule has 1 aliphatic heterocycles. The number of halogens is 1. The fourth-order valence-corrected chi connectivity index (χ4v) is 3.28. The van der Waals surface area contributed by atoms with Gasteiger partial charge in [-0.05, 0) is 40.5 Å². The van der Waals surface area contributed by atoms with Gasteiger partial charge in [0, 0.05) is 54.0 Å². The molecule has 1 rings (SSSR count). The van der Waals surface area contributed by atoms with Crippen LogP contribution in [0.4, 0.5) is 4.79 Å². The number of likely N-dealkylation sites (tertiary alicyclic amines) is 1. The number of carbonyl (C=O) groups is 1. The predicted octanol–water partition coefficient (Wildman–Crippen LogP) is 1.94. The van der Waals surface area contributed by atoms with Crippen LogP contribution < -0.4 is 10.6 Å². The Bertz CT molecular complexity index is 461. The Morgan fingerprint density at radius 3 is 2.40 bits per heavy atom. The van der Waals surface area contributed by atoms with Crippen LogP contribution in [-0.4, -0.2) is 71.0 Å². The molecule has 1 atom stereocenters. The molecule has 0 bridgehead atoms. The lowest BCUT2D eigenvalue weighted by atomic mass is 10.1. The number of piperidine rings is 1. The van der Waals surface area contributed by atoms with Crippen LogP contribution in [0.5, 0.6) is 0 Å². The highest BCUT2D eigenvalue weighted by Crippen LogP contribution is 2.12. The summed E-state index contributed by atoms with van der Waals surface area (Å²) >= 11 is 0. The highest BCUT2D eigenvalue weighted by Gasteiger charge is 2.24. The summed E-state index contributed by atoms with van der Waals surface area (Å²) in [7, 11) is 0.848. The summed E-state index contributed by atoms with van der Waals surface area (Å²) in [6.07, 6.45) is 1.48. The largest absolute Gasteiger partial charge is 0.450 e. The van der Waals surface area contributed by atoms with Crippen molar-refractivity contribution in [3.05, 3.63) is 0 Å². The van der Waals surface area contributed by atoms with E-state index in [1.54, 1.807) is 11.9 Å². The zero-order valence-corrected chi connectivity index (χ0v) is 19.1. The Balaban J connectivity index is 0.00000576. The number of carbonyl (C=O) groups excluding carboxylic acids is 1. The standard InChI is InChI=1S/C16H32N4O3S.HI/c1-6-23-15(21)20-10-7-13(8-11-20)19-14(17-5)18-9-12-24(22)16(2,3)4;/h13H,6-12H2,1-5H3,(H2,17,18,19);1H. The molecule has 2 N–H and O–H groups in total. The molecule has 0 aromatic rings. The molecule has 0 aromatic heterocycles. The molecule has 1 amide bonds. The van der Waals surface area contributed by atoms with Crippen LogP contribution in [0.15, 0.2) is 4.99 Å². The fraction of sp³-hybridized carbons (Fsp3) is 0.875. The zero-order valence-electron chi connectivity index (χ0n) is 16.0. The molecule has 1 saturated heterocycles. The third-order valence-corrected chi connectivity index (χ3v) is 5.79. The molecule has 148 valence electrons. The average molecular weight is 488 g/mol. The monoisotopic (exact) mass is 488 g/mol. The van der Waals surface area contributed by atoms with Crippen molar-refractivity contribution in [1.82, 2.24) is 15.5 Å². The van der Waals surface area contributed by atoms with Crippen LogP contribution in [0.2, 0.25) is 0 Å². The van der Waals surface area contributed by atoms with Gasteiger partial charge in [-0.25, -0.2) is 4.79 Å². The Hall–Kier alpha value is -0.580. The molecule has 0 spiro atoms. The van der Waals surface area contributed by atoms with Crippen molar-refractivity contribution in [2.75, 3.05) is 39.0 Å². The second-order valence-corrected chi connectivity index (χ2v) is 9.09. The Morgan fingerprint density at radius 2 is 1.92 bits per heavy atom.